The van der Waals surface area contributed by atoms with Crippen LogP contribution < -0.4 is 0 Å². The fourth-order valence-electron chi connectivity index (χ4n) is 1.66. The Balaban J connectivity index is -0.000000263. The van der Waals surface area contributed by atoms with E-state index in [1.54, 1.807) is 14.2 Å². The summed E-state index contributed by atoms with van der Waals surface area (Å²) in [4.78, 5) is 0. The minimum absolute atomic E-state index is 0. The highest BCUT2D eigenvalue weighted by atomic mass is 16.7. The molecule has 0 atom stereocenters. The molecule has 0 N–H and O–H groups in total. The van der Waals surface area contributed by atoms with Crippen molar-refractivity contribution in [2.75, 3.05) is 27.4 Å². The average molecular weight is 294 g/mol. The Morgan fingerprint density at radius 3 is 1.30 bits per heavy atom. The fraction of sp³-hybridized carbons (Fsp3) is 1.00. The number of hydrogen-bond acceptors (Lipinski definition) is 4. The van der Waals surface area contributed by atoms with Crippen molar-refractivity contribution < 1.29 is 18.9 Å². The molecule has 4 nitrogen and oxygen atoms in total. The van der Waals surface area contributed by atoms with Crippen molar-refractivity contribution in [1.29, 1.82) is 0 Å². The van der Waals surface area contributed by atoms with Crippen LogP contribution in [0.5, 0.6) is 0 Å². The first-order valence-electron chi connectivity index (χ1n) is 6.41. The predicted molar refractivity (Wildman–Crippen MR) is 85.9 cm³/mol. The van der Waals surface area contributed by atoms with Crippen LogP contribution in [0.3, 0.4) is 0 Å². The molecule has 1 fully saturated rings. The molecule has 0 spiro atoms. The lowest BCUT2D eigenvalue weighted by atomic mass is 9.96. The Labute approximate surface area is 127 Å². The summed E-state index contributed by atoms with van der Waals surface area (Å²) in [5, 5.41) is 0. The van der Waals surface area contributed by atoms with Gasteiger partial charge in [-0.1, -0.05) is 56.4 Å². The van der Waals surface area contributed by atoms with Gasteiger partial charge in [0.1, 0.15) is 0 Å². The van der Waals surface area contributed by atoms with Gasteiger partial charge in [-0.2, -0.15) is 0 Å². The van der Waals surface area contributed by atoms with E-state index in [4.69, 9.17) is 18.9 Å². The van der Waals surface area contributed by atoms with Crippen LogP contribution in [0.4, 0.5) is 0 Å². The molecule has 0 aromatic rings. The van der Waals surface area contributed by atoms with Crippen molar-refractivity contribution in [3.05, 3.63) is 0 Å². The van der Waals surface area contributed by atoms with E-state index < -0.39 is 0 Å². The molecule has 0 aromatic heterocycles. The van der Waals surface area contributed by atoms with Crippen LogP contribution in [0.1, 0.15) is 56.4 Å². The average Bonchev–Trinajstić information content (AvgIpc) is 2.69. The summed E-state index contributed by atoms with van der Waals surface area (Å²) in [6.45, 7) is 14.1. The molecule has 4 heteroatoms. The largest absolute Gasteiger partial charge is 0.355 e. The van der Waals surface area contributed by atoms with E-state index in [9.17, 15) is 0 Å². The molecule has 0 unspecified atom stereocenters. The summed E-state index contributed by atoms with van der Waals surface area (Å²) in [6, 6.07) is 0. The molecular formula is C16H38O4. The van der Waals surface area contributed by atoms with Crippen LogP contribution in [0, 0.1) is 10.8 Å². The van der Waals surface area contributed by atoms with E-state index >= 15 is 0 Å². The second-order valence-corrected chi connectivity index (χ2v) is 6.61. The van der Waals surface area contributed by atoms with Crippen molar-refractivity contribution in [2.24, 2.45) is 10.8 Å². The lowest BCUT2D eigenvalue weighted by molar-refractivity contribution is -0.161. The molecule has 1 rings (SSSR count). The highest BCUT2D eigenvalue weighted by molar-refractivity contribution is 4.68. The van der Waals surface area contributed by atoms with E-state index in [1.807, 2.05) is 0 Å². The van der Waals surface area contributed by atoms with Gasteiger partial charge in [-0.25, -0.2) is 0 Å². The topological polar surface area (TPSA) is 36.9 Å². The van der Waals surface area contributed by atoms with Gasteiger partial charge in [0.15, 0.2) is 12.6 Å². The van der Waals surface area contributed by atoms with Crippen molar-refractivity contribution in [3.8, 4) is 0 Å². The van der Waals surface area contributed by atoms with Crippen LogP contribution in [-0.2, 0) is 18.9 Å². The maximum absolute atomic E-state index is 5.30. The summed E-state index contributed by atoms with van der Waals surface area (Å²) >= 11 is 0. The molecule has 1 aliphatic heterocycles. The van der Waals surface area contributed by atoms with Crippen molar-refractivity contribution >= 4 is 0 Å². The van der Waals surface area contributed by atoms with E-state index in [0.717, 1.165) is 13.2 Å². The van der Waals surface area contributed by atoms with Gasteiger partial charge in [0.25, 0.3) is 0 Å². The zero-order valence-electron chi connectivity index (χ0n) is 13.2. The molecule has 20 heavy (non-hydrogen) atoms. The Bertz CT molecular complexity index is 193. The lowest BCUT2D eigenvalue weighted by Gasteiger charge is -2.27. The molecule has 1 aliphatic rings. The molecule has 1 saturated heterocycles. The molecule has 0 aromatic carbocycles. The van der Waals surface area contributed by atoms with Crippen LogP contribution in [-0.4, -0.2) is 40.0 Å². The minimum Gasteiger partial charge on any atom is -0.355 e. The maximum atomic E-state index is 5.30. The summed E-state index contributed by atoms with van der Waals surface area (Å²) in [6.07, 6.45) is -0.0880. The van der Waals surface area contributed by atoms with Gasteiger partial charge >= 0.3 is 0 Å². The van der Waals surface area contributed by atoms with Crippen LogP contribution in [0.15, 0.2) is 0 Å². The van der Waals surface area contributed by atoms with Crippen molar-refractivity contribution in [3.63, 3.8) is 0 Å². The minimum atomic E-state index is -0.0995. The predicted octanol–water partition coefficient (Wildman–Crippen LogP) is 4.33. The van der Waals surface area contributed by atoms with Gasteiger partial charge in [0.05, 0.1) is 13.2 Å². The monoisotopic (exact) mass is 294 g/mol. The summed E-state index contributed by atoms with van der Waals surface area (Å²) in [5.41, 5.74) is 0.208. The molecule has 1 heterocycles. The highest BCUT2D eigenvalue weighted by Gasteiger charge is 2.29. The summed E-state index contributed by atoms with van der Waals surface area (Å²) < 4.78 is 20.7. The quantitative estimate of drug-likeness (QED) is 0.710. The molecule has 0 saturated carbocycles. The third-order valence-corrected chi connectivity index (χ3v) is 2.46. The van der Waals surface area contributed by atoms with Crippen molar-refractivity contribution in [1.82, 2.24) is 0 Å². The zero-order chi connectivity index (χ0) is 14.4. The van der Waals surface area contributed by atoms with Gasteiger partial charge in [-0.3, -0.25) is 0 Å². The van der Waals surface area contributed by atoms with E-state index in [0.29, 0.717) is 0 Å². The third kappa shape index (κ3) is 9.70. The SMILES string of the molecule is C.C.CC(C)(C)C1OCCO1.COC(OC)C(C)(C)C. The van der Waals surface area contributed by atoms with Gasteiger partial charge in [-0.15, -0.1) is 0 Å². The first kappa shape index (κ1) is 24.8. The van der Waals surface area contributed by atoms with Crippen LogP contribution >= 0.6 is 0 Å². The van der Waals surface area contributed by atoms with E-state index in [2.05, 4.69) is 41.5 Å². The maximum Gasteiger partial charge on any atom is 0.162 e. The molecule has 0 radical (unpaired) electrons. The number of methoxy groups -OCH3 is 2. The van der Waals surface area contributed by atoms with Gasteiger partial charge in [0, 0.05) is 25.0 Å². The van der Waals surface area contributed by atoms with Crippen LogP contribution in [0.25, 0.3) is 0 Å². The second kappa shape index (κ2) is 10.6. The van der Waals surface area contributed by atoms with Crippen molar-refractivity contribution in [2.45, 2.75) is 69.0 Å². The Kier molecular flexibility index (Phi) is 13.1. The first-order chi connectivity index (χ1) is 8.12. The van der Waals surface area contributed by atoms with Gasteiger partial charge < -0.3 is 18.9 Å². The van der Waals surface area contributed by atoms with Gasteiger partial charge in [0.2, 0.25) is 0 Å². The van der Waals surface area contributed by atoms with E-state index in [1.165, 1.54) is 0 Å². The molecular weight excluding hydrogens is 256 g/mol. The molecule has 0 bridgehead atoms. The zero-order valence-corrected chi connectivity index (χ0v) is 13.2. The Morgan fingerprint density at radius 2 is 1.20 bits per heavy atom. The summed E-state index contributed by atoms with van der Waals surface area (Å²) in [5.74, 6) is 0. The summed E-state index contributed by atoms with van der Waals surface area (Å²) in [7, 11) is 3.30. The molecule has 126 valence electrons. The number of hydrogen-bond donors (Lipinski definition) is 0. The number of ether oxygens (including phenoxy) is 4. The van der Waals surface area contributed by atoms with Gasteiger partial charge in [-0.05, 0) is 0 Å². The molecule has 0 aliphatic carbocycles. The lowest BCUT2D eigenvalue weighted by Crippen LogP contribution is -2.29. The Hall–Kier alpha value is -0.160. The fourth-order valence-corrected chi connectivity index (χ4v) is 1.66. The van der Waals surface area contributed by atoms with Crippen LogP contribution in [0.2, 0.25) is 0 Å². The molecule has 0 amide bonds. The second-order valence-electron chi connectivity index (χ2n) is 6.61. The Morgan fingerprint density at radius 1 is 0.850 bits per heavy atom. The van der Waals surface area contributed by atoms with E-state index in [-0.39, 0.29) is 38.3 Å². The first-order valence-corrected chi connectivity index (χ1v) is 6.41. The smallest absolute Gasteiger partial charge is 0.162 e. The normalized spacial score (nSPS) is 16.1. The third-order valence-electron chi connectivity index (χ3n) is 2.46. The number of rotatable bonds is 2. The standard InChI is InChI=1S/C7H14O2.C7H16O2.2CH4/c1-7(2,3)6-8-4-5-9-6;1-7(2,3)6(8-4)9-5;;/h6H,4-5H2,1-3H3;6H,1-5H3;2*1H4. The highest BCUT2D eigenvalue weighted by Crippen LogP contribution is 2.25.